The number of aryl methyl sites for hydroxylation is 1. The van der Waals surface area contributed by atoms with Crippen LogP contribution in [0, 0.1) is 18.3 Å². The molecule has 0 unspecified atom stereocenters. The Labute approximate surface area is 153 Å². The molecule has 1 aromatic carbocycles. The summed E-state index contributed by atoms with van der Waals surface area (Å²) < 4.78 is 16.0. The molecule has 0 aliphatic rings. The molecule has 0 saturated carbocycles. The normalized spacial score (nSPS) is 10.6. The van der Waals surface area contributed by atoms with Crippen molar-refractivity contribution in [3.05, 3.63) is 46.6 Å². The third-order valence-electron chi connectivity index (χ3n) is 3.51. The average molecular weight is 354 g/mol. The summed E-state index contributed by atoms with van der Waals surface area (Å²) in [6, 6.07) is 9.49. The van der Waals surface area contributed by atoms with Gasteiger partial charge < -0.3 is 14.2 Å². The summed E-state index contributed by atoms with van der Waals surface area (Å²) in [6.45, 7) is 4.66. The van der Waals surface area contributed by atoms with Crippen LogP contribution < -0.4 is 14.9 Å². The molecule has 7 nitrogen and oxygen atoms in total. The first-order valence-corrected chi connectivity index (χ1v) is 8.12. The molecule has 0 atom stereocenters. The van der Waals surface area contributed by atoms with Gasteiger partial charge in [0.25, 0.3) is 0 Å². The zero-order valence-electron chi connectivity index (χ0n) is 15.4. The molecule has 0 aliphatic carbocycles. The van der Waals surface area contributed by atoms with Crippen molar-refractivity contribution >= 4 is 12.0 Å². The van der Waals surface area contributed by atoms with E-state index >= 15 is 0 Å². The number of rotatable bonds is 8. The molecule has 1 aromatic heterocycles. The molecular formula is C19H22N4O3. The fourth-order valence-corrected chi connectivity index (χ4v) is 2.42. The first-order valence-electron chi connectivity index (χ1n) is 8.12. The standard InChI is InChI=1S/C19H22N4O3/c1-5-26-17-7-6-14(9-18(17)25-4)11-21-23-19-16(10-20)15(12-24-3)8-13(2)22-19/h6-9,11H,5,12H2,1-4H3,(H,22,23). The molecule has 26 heavy (non-hydrogen) atoms. The summed E-state index contributed by atoms with van der Waals surface area (Å²) in [5.41, 5.74) is 5.61. The molecule has 0 radical (unpaired) electrons. The highest BCUT2D eigenvalue weighted by atomic mass is 16.5. The summed E-state index contributed by atoms with van der Waals surface area (Å²) >= 11 is 0. The smallest absolute Gasteiger partial charge is 0.164 e. The third kappa shape index (κ3) is 4.71. The Hall–Kier alpha value is -3.11. The maximum Gasteiger partial charge on any atom is 0.164 e. The van der Waals surface area contributed by atoms with E-state index in [-0.39, 0.29) is 0 Å². The van der Waals surface area contributed by atoms with Crippen LogP contribution in [-0.4, -0.2) is 32.0 Å². The second-order valence-corrected chi connectivity index (χ2v) is 5.40. The molecule has 0 amide bonds. The van der Waals surface area contributed by atoms with Crippen LogP contribution in [0.4, 0.5) is 5.82 Å². The van der Waals surface area contributed by atoms with Crippen LogP contribution in [0.1, 0.15) is 29.3 Å². The van der Waals surface area contributed by atoms with Gasteiger partial charge in [0.15, 0.2) is 17.3 Å². The number of pyridine rings is 1. The van der Waals surface area contributed by atoms with E-state index in [1.165, 1.54) is 0 Å². The Balaban J connectivity index is 2.22. The number of hydrogen-bond acceptors (Lipinski definition) is 7. The number of nitrogens with one attached hydrogen (secondary N) is 1. The van der Waals surface area contributed by atoms with Crippen LogP contribution in [-0.2, 0) is 11.3 Å². The summed E-state index contributed by atoms with van der Waals surface area (Å²) in [5.74, 6) is 1.70. The van der Waals surface area contributed by atoms with Gasteiger partial charge in [-0.1, -0.05) is 0 Å². The number of methoxy groups -OCH3 is 2. The summed E-state index contributed by atoms with van der Waals surface area (Å²) in [5, 5.41) is 13.6. The van der Waals surface area contributed by atoms with Crippen LogP contribution in [0.15, 0.2) is 29.4 Å². The average Bonchev–Trinajstić information content (AvgIpc) is 2.63. The van der Waals surface area contributed by atoms with Crippen LogP contribution in [0.2, 0.25) is 0 Å². The van der Waals surface area contributed by atoms with E-state index < -0.39 is 0 Å². The monoisotopic (exact) mass is 354 g/mol. The highest BCUT2D eigenvalue weighted by Gasteiger charge is 2.11. The quantitative estimate of drug-likeness (QED) is 0.578. The number of nitriles is 1. The number of hydrazone groups is 1. The van der Waals surface area contributed by atoms with Gasteiger partial charge in [-0.2, -0.15) is 10.4 Å². The first kappa shape index (κ1) is 19.2. The van der Waals surface area contributed by atoms with Crippen molar-refractivity contribution in [2.45, 2.75) is 20.5 Å². The lowest BCUT2D eigenvalue weighted by Gasteiger charge is -2.10. The Bertz CT molecular complexity index is 828. The van der Waals surface area contributed by atoms with E-state index in [4.69, 9.17) is 14.2 Å². The van der Waals surface area contributed by atoms with Crippen LogP contribution in [0.5, 0.6) is 11.5 Å². The van der Waals surface area contributed by atoms with Gasteiger partial charge in [0.1, 0.15) is 11.6 Å². The lowest BCUT2D eigenvalue weighted by molar-refractivity contribution is 0.184. The first-order chi connectivity index (χ1) is 12.6. The molecule has 0 bridgehead atoms. The maximum atomic E-state index is 9.41. The molecule has 1 N–H and O–H groups in total. The maximum absolute atomic E-state index is 9.41. The summed E-state index contributed by atoms with van der Waals surface area (Å²) in [6.07, 6.45) is 1.62. The third-order valence-corrected chi connectivity index (χ3v) is 3.51. The van der Waals surface area contributed by atoms with Crippen molar-refractivity contribution in [1.29, 1.82) is 5.26 Å². The molecule has 136 valence electrons. The van der Waals surface area contributed by atoms with Crippen molar-refractivity contribution in [3.63, 3.8) is 0 Å². The van der Waals surface area contributed by atoms with Crippen molar-refractivity contribution in [2.24, 2.45) is 5.10 Å². The van der Waals surface area contributed by atoms with E-state index in [9.17, 15) is 5.26 Å². The number of nitrogens with zero attached hydrogens (tertiary/aromatic N) is 3. The van der Waals surface area contributed by atoms with Gasteiger partial charge in [-0.25, -0.2) is 4.98 Å². The highest BCUT2D eigenvalue weighted by molar-refractivity contribution is 5.81. The van der Waals surface area contributed by atoms with Gasteiger partial charge >= 0.3 is 0 Å². The number of benzene rings is 1. The molecule has 2 aromatic rings. The SMILES string of the molecule is CCOc1ccc(C=NNc2nc(C)cc(COC)c2C#N)cc1OC. The van der Waals surface area contributed by atoms with Gasteiger partial charge in [-0.15, -0.1) is 0 Å². The summed E-state index contributed by atoms with van der Waals surface area (Å²) in [7, 11) is 3.17. The number of aromatic nitrogens is 1. The Morgan fingerprint density at radius 2 is 2.08 bits per heavy atom. The highest BCUT2D eigenvalue weighted by Crippen LogP contribution is 2.27. The van der Waals surface area contributed by atoms with Gasteiger partial charge in [0, 0.05) is 18.4 Å². The van der Waals surface area contributed by atoms with Gasteiger partial charge in [-0.3, -0.25) is 5.43 Å². The molecule has 0 aliphatic heterocycles. The van der Waals surface area contributed by atoms with E-state index in [2.05, 4.69) is 21.6 Å². The zero-order valence-corrected chi connectivity index (χ0v) is 15.4. The zero-order chi connectivity index (χ0) is 18.9. The molecule has 0 spiro atoms. The van der Waals surface area contributed by atoms with E-state index in [1.807, 2.05) is 38.1 Å². The minimum absolute atomic E-state index is 0.334. The van der Waals surface area contributed by atoms with E-state index in [0.29, 0.717) is 36.1 Å². The predicted octanol–water partition coefficient (Wildman–Crippen LogP) is 3.26. The Kier molecular flexibility index (Phi) is 6.94. The molecule has 0 fully saturated rings. The van der Waals surface area contributed by atoms with Crippen molar-refractivity contribution in [1.82, 2.24) is 4.98 Å². The number of ether oxygens (including phenoxy) is 3. The second kappa shape index (κ2) is 9.39. The molecule has 7 heteroatoms. The van der Waals surface area contributed by atoms with Crippen molar-refractivity contribution in [3.8, 4) is 17.6 Å². The van der Waals surface area contributed by atoms with Crippen molar-refractivity contribution in [2.75, 3.05) is 26.3 Å². The molecule has 0 saturated heterocycles. The minimum atomic E-state index is 0.334. The lowest BCUT2D eigenvalue weighted by Crippen LogP contribution is -2.03. The topological polar surface area (TPSA) is 88.8 Å². The number of anilines is 1. The lowest BCUT2D eigenvalue weighted by atomic mass is 10.1. The Morgan fingerprint density at radius 3 is 2.73 bits per heavy atom. The minimum Gasteiger partial charge on any atom is -0.493 e. The van der Waals surface area contributed by atoms with E-state index in [1.54, 1.807) is 20.4 Å². The van der Waals surface area contributed by atoms with Crippen molar-refractivity contribution < 1.29 is 14.2 Å². The van der Waals surface area contributed by atoms with Gasteiger partial charge in [0.05, 0.1) is 26.5 Å². The largest absolute Gasteiger partial charge is 0.493 e. The second-order valence-electron chi connectivity index (χ2n) is 5.40. The van der Waals surface area contributed by atoms with Gasteiger partial charge in [0.2, 0.25) is 0 Å². The van der Waals surface area contributed by atoms with Crippen LogP contribution in [0.25, 0.3) is 0 Å². The summed E-state index contributed by atoms with van der Waals surface area (Å²) in [4.78, 5) is 4.34. The molecule has 1 heterocycles. The predicted molar refractivity (Wildman–Crippen MR) is 99.8 cm³/mol. The van der Waals surface area contributed by atoms with Crippen LogP contribution >= 0.6 is 0 Å². The molecular weight excluding hydrogens is 332 g/mol. The fourth-order valence-electron chi connectivity index (χ4n) is 2.42. The molecule has 2 rings (SSSR count). The van der Waals surface area contributed by atoms with E-state index in [0.717, 1.165) is 16.8 Å². The van der Waals surface area contributed by atoms with Gasteiger partial charge in [-0.05, 0) is 43.7 Å². The van der Waals surface area contributed by atoms with Crippen LogP contribution in [0.3, 0.4) is 0 Å². The Morgan fingerprint density at radius 1 is 1.27 bits per heavy atom. The fraction of sp³-hybridized carbons (Fsp3) is 0.316. The number of hydrogen-bond donors (Lipinski definition) is 1.